The summed E-state index contributed by atoms with van der Waals surface area (Å²) in [5.74, 6) is 0.274. The summed E-state index contributed by atoms with van der Waals surface area (Å²) in [5.41, 5.74) is 6.90. The van der Waals surface area contributed by atoms with Crippen LogP contribution in [0.25, 0.3) is 11.1 Å². The summed E-state index contributed by atoms with van der Waals surface area (Å²) in [6.45, 7) is 4.14. The highest BCUT2D eigenvalue weighted by Crippen LogP contribution is 2.26. The van der Waals surface area contributed by atoms with Gasteiger partial charge in [-0.3, -0.25) is 14.5 Å². The number of hydrogen-bond donors (Lipinski definition) is 0. The lowest BCUT2D eigenvalue weighted by Gasteiger charge is -2.06. The van der Waals surface area contributed by atoms with E-state index in [0.29, 0.717) is 12.8 Å². The average Bonchev–Trinajstić information content (AvgIpc) is 2.89. The van der Waals surface area contributed by atoms with Gasteiger partial charge in [0.25, 0.3) is 0 Å². The zero-order chi connectivity index (χ0) is 18.5. The maximum absolute atomic E-state index is 12.1. The monoisotopic (exact) mass is 347 g/mol. The topological polar surface area (TPSA) is 47.8 Å². The highest BCUT2D eigenvalue weighted by Gasteiger charge is 2.11. The van der Waals surface area contributed by atoms with E-state index in [4.69, 9.17) is 0 Å². The number of carbonyl (C=O) groups excluding carboxylic acids is 1. The van der Waals surface area contributed by atoms with Crippen molar-refractivity contribution >= 4 is 5.78 Å². The molecule has 4 nitrogen and oxygen atoms in total. The molecule has 2 heterocycles. The molecule has 0 aliphatic carbocycles. The first kappa shape index (κ1) is 18.1. The standard InChI is InChI=1S/C22H25N3O/c1-16-22(17(2)25(3)24-16)20-11-9-18(10-12-20)6-4-8-21(26)14-19-7-5-13-23-15-19/h5,7,9-13,15H,4,6,8,14H2,1-3H3. The zero-order valence-corrected chi connectivity index (χ0v) is 15.7. The maximum Gasteiger partial charge on any atom is 0.137 e. The molecule has 1 aromatic carbocycles. The molecule has 0 N–H and O–H groups in total. The summed E-state index contributed by atoms with van der Waals surface area (Å²) in [4.78, 5) is 16.1. The van der Waals surface area contributed by atoms with Gasteiger partial charge in [-0.1, -0.05) is 30.3 Å². The third-order valence-corrected chi connectivity index (χ3v) is 4.80. The Balaban J connectivity index is 1.54. The zero-order valence-electron chi connectivity index (χ0n) is 15.7. The summed E-state index contributed by atoms with van der Waals surface area (Å²) < 4.78 is 1.92. The molecule has 4 heteroatoms. The second kappa shape index (κ2) is 8.09. The highest BCUT2D eigenvalue weighted by atomic mass is 16.1. The number of Topliss-reactive ketones (excluding diaryl/α,β-unsaturated/α-hetero) is 1. The number of nitrogens with zero attached hydrogens (tertiary/aromatic N) is 3. The molecule has 3 rings (SSSR count). The average molecular weight is 347 g/mol. The smallest absolute Gasteiger partial charge is 0.137 e. The van der Waals surface area contributed by atoms with Crippen LogP contribution in [0.4, 0.5) is 0 Å². The first-order valence-electron chi connectivity index (χ1n) is 9.04. The van der Waals surface area contributed by atoms with E-state index in [1.54, 1.807) is 12.4 Å². The highest BCUT2D eigenvalue weighted by molar-refractivity contribution is 5.80. The first-order chi connectivity index (χ1) is 12.5. The molecule has 0 aliphatic heterocycles. The van der Waals surface area contributed by atoms with Crippen molar-refractivity contribution in [1.82, 2.24) is 14.8 Å². The molecular formula is C22H25N3O. The van der Waals surface area contributed by atoms with Gasteiger partial charge in [0.05, 0.1) is 5.69 Å². The van der Waals surface area contributed by atoms with Crippen molar-refractivity contribution in [1.29, 1.82) is 0 Å². The van der Waals surface area contributed by atoms with Crippen LogP contribution in [0.2, 0.25) is 0 Å². The van der Waals surface area contributed by atoms with Crippen LogP contribution in [0.5, 0.6) is 0 Å². The third-order valence-electron chi connectivity index (χ3n) is 4.80. The molecule has 26 heavy (non-hydrogen) atoms. The molecule has 0 unspecified atom stereocenters. The molecule has 3 aromatic rings. The largest absolute Gasteiger partial charge is 0.299 e. The summed E-state index contributed by atoms with van der Waals surface area (Å²) in [7, 11) is 1.97. The van der Waals surface area contributed by atoms with E-state index < -0.39 is 0 Å². The molecule has 0 bridgehead atoms. The van der Waals surface area contributed by atoms with Gasteiger partial charge in [0.2, 0.25) is 0 Å². The van der Waals surface area contributed by atoms with Crippen LogP contribution < -0.4 is 0 Å². The van der Waals surface area contributed by atoms with Gasteiger partial charge >= 0.3 is 0 Å². The minimum atomic E-state index is 0.274. The van der Waals surface area contributed by atoms with Gasteiger partial charge in [-0.2, -0.15) is 5.10 Å². The predicted octanol–water partition coefficient (Wildman–Crippen LogP) is 4.23. The van der Waals surface area contributed by atoms with Crippen LogP contribution in [0.3, 0.4) is 0 Å². The number of benzene rings is 1. The molecule has 134 valence electrons. The van der Waals surface area contributed by atoms with Gasteiger partial charge in [-0.05, 0) is 49.4 Å². The molecule has 0 saturated carbocycles. The van der Waals surface area contributed by atoms with Crippen molar-refractivity contribution in [2.75, 3.05) is 0 Å². The normalized spacial score (nSPS) is 10.9. The van der Waals surface area contributed by atoms with Gasteiger partial charge in [0, 0.05) is 43.5 Å². The summed E-state index contributed by atoms with van der Waals surface area (Å²) in [5, 5.41) is 4.49. The van der Waals surface area contributed by atoms with Gasteiger partial charge in [0.1, 0.15) is 5.78 Å². The Kier molecular flexibility index (Phi) is 5.61. The van der Waals surface area contributed by atoms with E-state index in [9.17, 15) is 4.79 Å². The number of pyridine rings is 1. The Bertz CT molecular complexity index is 880. The number of rotatable bonds is 7. The molecule has 0 amide bonds. The van der Waals surface area contributed by atoms with Crippen LogP contribution in [0, 0.1) is 13.8 Å². The lowest BCUT2D eigenvalue weighted by molar-refractivity contribution is -0.118. The van der Waals surface area contributed by atoms with E-state index in [0.717, 1.165) is 24.1 Å². The first-order valence-corrected chi connectivity index (χ1v) is 9.04. The Morgan fingerprint density at radius 1 is 1.08 bits per heavy atom. The second-order valence-corrected chi connectivity index (χ2v) is 6.80. The summed E-state index contributed by atoms with van der Waals surface area (Å²) >= 11 is 0. The van der Waals surface area contributed by atoms with Gasteiger partial charge in [-0.15, -0.1) is 0 Å². The SMILES string of the molecule is Cc1nn(C)c(C)c1-c1ccc(CCCC(=O)Cc2cccnc2)cc1. The van der Waals surface area contributed by atoms with Gasteiger partial charge in [-0.25, -0.2) is 0 Å². The fraction of sp³-hybridized carbons (Fsp3) is 0.318. The Morgan fingerprint density at radius 2 is 1.85 bits per heavy atom. The quantitative estimate of drug-likeness (QED) is 0.642. The van der Waals surface area contributed by atoms with E-state index in [-0.39, 0.29) is 5.78 Å². The minimum Gasteiger partial charge on any atom is -0.299 e. The van der Waals surface area contributed by atoms with Crippen LogP contribution in [-0.2, 0) is 24.7 Å². The number of hydrogen-bond acceptors (Lipinski definition) is 3. The van der Waals surface area contributed by atoms with Crippen LogP contribution in [0.1, 0.15) is 35.4 Å². The van der Waals surface area contributed by atoms with Crippen LogP contribution >= 0.6 is 0 Å². The van der Waals surface area contributed by atoms with Gasteiger partial charge < -0.3 is 0 Å². The van der Waals surface area contributed by atoms with Crippen LogP contribution in [-0.4, -0.2) is 20.5 Å². The van der Waals surface area contributed by atoms with Crippen molar-refractivity contribution in [2.45, 2.75) is 39.5 Å². The molecule has 0 fully saturated rings. The van der Waals surface area contributed by atoms with E-state index >= 15 is 0 Å². The molecule has 0 atom stereocenters. The molecule has 0 saturated heterocycles. The number of aromatic nitrogens is 3. The Labute approximate surface area is 154 Å². The van der Waals surface area contributed by atoms with Crippen molar-refractivity contribution in [3.8, 4) is 11.1 Å². The van der Waals surface area contributed by atoms with Crippen molar-refractivity contribution in [3.05, 3.63) is 71.3 Å². The van der Waals surface area contributed by atoms with Crippen molar-refractivity contribution in [3.63, 3.8) is 0 Å². The second-order valence-electron chi connectivity index (χ2n) is 6.80. The van der Waals surface area contributed by atoms with E-state index in [1.165, 1.54) is 22.4 Å². The molecular weight excluding hydrogens is 322 g/mol. The Morgan fingerprint density at radius 3 is 2.46 bits per heavy atom. The number of carbonyl (C=O) groups is 1. The molecule has 0 aliphatic rings. The predicted molar refractivity (Wildman–Crippen MR) is 104 cm³/mol. The fourth-order valence-electron chi connectivity index (χ4n) is 3.34. The maximum atomic E-state index is 12.1. The van der Waals surface area contributed by atoms with Gasteiger partial charge in [0.15, 0.2) is 0 Å². The summed E-state index contributed by atoms with van der Waals surface area (Å²) in [6.07, 6.45) is 6.38. The number of aryl methyl sites for hydroxylation is 3. The number of ketones is 1. The molecule has 0 radical (unpaired) electrons. The third kappa shape index (κ3) is 4.26. The lowest BCUT2D eigenvalue weighted by Crippen LogP contribution is -2.03. The fourth-order valence-corrected chi connectivity index (χ4v) is 3.34. The summed E-state index contributed by atoms with van der Waals surface area (Å²) in [6, 6.07) is 12.5. The Hall–Kier alpha value is -2.75. The lowest BCUT2D eigenvalue weighted by atomic mass is 9.99. The van der Waals surface area contributed by atoms with E-state index in [2.05, 4.69) is 41.3 Å². The molecule has 0 spiro atoms. The van der Waals surface area contributed by atoms with Crippen molar-refractivity contribution in [2.24, 2.45) is 7.05 Å². The van der Waals surface area contributed by atoms with Crippen LogP contribution in [0.15, 0.2) is 48.8 Å². The van der Waals surface area contributed by atoms with Crippen molar-refractivity contribution < 1.29 is 4.79 Å². The molecule has 2 aromatic heterocycles. The van der Waals surface area contributed by atoms with E-state index in [1.807, 2.05) is 30.8 Å². The minimum absolute atomic E-state index is 0.274.